The third-order valence-corrected chi connectivity index (χ3v) is 6.02. The lowest BCUT2D eigenvalue weighted by molar-refractivity contribution is -0.384. The van der Waals surface area contributed by atoms with Crippen LogP contribution in [0.2, 0.25) is 0 Å². The van der Waals surface area contributed by atoms with E-state index < -0.39 is 4.92 Å². The first kappa shape index (κ1) is 28.9. The van der Waals surface area contributed by atoms with Crippen LogP contribution in [0, 0.1) is 10.1 Å². The maximum atomic E-state index is 12.4. The first-order valence-corrected chi connectivity index (χ1v) is 13.0. The Balaban J connectivity index is 0.00000109. The number of nitro benzene ring substituents is 1. The zero-order chi connectivity index (χ0) is 26.3. The normalized spacial score (nSPS) is 13.6. The van der Waals surface area contributed by atoms with Gasteiger partial charge in [-0.05, 0) is 28.8 Å². The van der Waals surface area contributed by atoms with Crippen molar-refractivity contribution in [1.29, 1.82) is 0 Å². The van der Waals surface area contributed by atoms with Gasteiger partial charge < -0.3 is 4.90 Å². The molecule has 0 N–H and O–H groups in total. The largest absolute Gasteiger partial charge is 0.300 e. The molecule has 0 unspecified atom stereocenters. The van der Waals surface area contributed by atoms with Gasteiger partial charge in [-0.1, -0.05) is 82.3 Å². The minimum absolute atomic E-state index is 0.00603. The molecule has 0 aliphatic carbocycles. The van der Waals surface area contributed by atoms with Gasteiger partial charge in [0.15, 0.2) is 5.78 Å². The van der Waals surface area contributed by atoms with Gasteiger partial charge in [-0.3, -0.25) is 19.8 Å². The minimum atomic E-state index is -0.452. The Labute approximate surface area is 215 Å². The molecule has 4 rings (SSSR count). The number of benzene rings is 3. The summed E-state index contributed by atoms with van der Waals surface area (Å²) in [5.41, 5.74) is 4.40. The summed E-state index contributed by atoms with van der Waals surface area (Å²) in [6.07, 6.45) is 0.425. The van der Waals surface area contributed by atoms with E-state index in [0.29, 0.717) is 18.5 Å². The summed E-state index contributed by atoms with van der Waals surface area (Å²) < 4.78 is 0. The number of rotatable bonds is 8. The van der Waals surface area contributed by atoms with Crippen LogP contribution >= 0.6 is 0 Å². The van der Waals surface area contributed by atoms with Gasteiger partial charge in [-0.25, -0.2) is 0 Å². The molecule has 0 amide bonds. The lowest BCUT2D eigenvalue weighted by Crippen LogP contribution is -2.46. The Bertz CT molecular complexity index is 1060. The fraction of sp³-hybridized carbons (Fsp3) is 0.367. The van der Waals surface area contributed by atoms with Crippen molar-refractivity contribution in [2.45, 2.75) is 40.7 Å². The fourth-order valence-corrected chi connectivity index (χ4v) is 4.14. The molecule has 3 aromatic rings. The van der Waals surface area contributed by atoms with E-state index >= 15 is 0 Å². The number of nitrogens with zero attached hydrogens (tertiary/aromatic N) is 3. The molecule has 0 saturated carbocycles. The predicted molar refractivity (Wildman–Crippen MR) is 148 cm³/mol. The van der Waals surface area contributed by atoms with Crippen molar-refractivity contribution in [1.82, 2.24) is 9.80 Å². The molecule has 192 valence electrons. The second-order valence-electron chi connectivity index (χ2n) is 8.12. The lowest BCUT2D eigenvalue weighted by atomic mass is 9.99. The molecular formula is C30H39N3O3. The monoisotopic (exact) mass is 489 g/mol. The zero-order valence-corrected chi connectivity index (χ0v) is 22.0. The van der Waals surface area contributed by atoms with E-state index in [2.05, 4.69) is 58.3 Å². The van der Waals surface area contributed by atoms with Gasteiger partial charge in [0.2, 0.25) is 0 Å². The molecule has 1 aliphatic heterocycles. The number of nitro groups is 1. The summed E-state index contributed by atoms with van der Waals surface area (Å²) in [6, 6.07) is 24.9. The van der Waals surface area contributed by atoms with Crippen molar-refractivity contribution in [3.63, 3.8) is 0 Å². The van der Waals surface area contributed by atoms with E-state index in [0.717, 1.165) is 32.7 Å². The molecule has 6 nitrogen and oxygen atoms in total. The number of carbonyl (C=O) groups is 1. The smallest absolute Gasteiger partial charge is 0.269 e. The maximum absolute atomic E-state index is 12.4. The van der Waals surface area contributed by atoms with E-state index in [1.165, 1.54) is 28.8 Å². The molecule has 0 aromatic heterocycles. The molecule has 3 aromatic carbocycles. The third kappa shape index (κ3) is 8.40. The number of hydrogen-bond donors (Lipinski definition) is 0. The number of non-ortho nitro benzene ring substituents is 1. The Kier molecular flexibility index (Phi) is 12.5. The molecule has 36 heavy (non-hydrogen) atoms. The van der Waals surface area contributed by atoms with Gasteiger partial charge in [0.1, 0.15) is 0 Å². The van der Waals surface area contributed by atoms with E-state index in [-0.39, 0.29) is 11.5 Å². The van der Waals surface area contributed by atoms with Crippen LogP contribution < -0.4 is 0 Å². The van der Waals surface area contributed by atoms with Crippen LogP contribution in [0.15, 0.2) is 78.9 Å². The molecule has 0 radical (unpaired) electrons. The first-order valence-electron chi connectivity index (χ1n) is 13.0. The Morgan fingerprint density at radius 2 is 1.33 bits per heavy atom. The van der Waals surface area contributed by atoms with Crippen molar-refractivity contribution in [2.75, 3.05) is 32.7 Å². The molecule has 6 heteroatoms. The SMILES string of the molecule is CC.CC.O=C(CCN1CCN(Cc2ccccc2-c2ccccc2)CC1)c1ccc([N+](=O)[O-])cc1. The average molecular weight is 490 g/mol. The van der Waals surface area contributed by atoms with Gasteiger partial charge in [0, 0.05) is 63.4 Å². The van der Waals surface area contributed by atoms with E-state index in [4.69, 9.17) is 0 Å². The summed E-state index contributed by atoms with van der Waals surface area (Å²) in [4.78, 5) is 27.5. The number of hydrogen-bond acceptors (Lipinski definition) is 5. The quantitative estimate of drug-likeness (QED) is 0.200. The van der Waals surface area contributed by atoms with Crippen LogP contribution in [-0.2, 0) is 6.54 Å². The summed E-state index contributed by atoms with van der Waals surface area (Å²) >= 11 is 0. The molecule has 1 saturated heterocycles. The Morgan fingerprint density at radius 3 is 1.94 bits per heavy atom. The highest BCUT2D eigenvalue weighted by atomic mass is 16.6. The predicted octanol–water partition coefficient (Wildman–Crippen LogP) is 6.70. The summed E-state index contributed by atoms with van der Waals surface area (Å²) in [5, 5.41) is 10.8. The van der Waals surface area contributed by atoms with Crippen LogP contribution in [0.4, 0.5) is 5.69 Å². The topological polar surface area (TPSA) is 66.7 Å². The Morgan fingerprint density at radius 1 is 0.778 bits per heavy atom. The minimum Gasteiger partial charge on any atom is -0.300 e. The zero-order valence-electron chi connectivity index (χ0n) is 22.0. The van der Waals surface area contributed by atoms with Gasteiger partial charge in [0.05, 0.1) is 4.92 Å². The van der Waals surface area contributed by atoms with Crippen molar-refractivity contribution in [3.05, 3.63) is 100 Å². The first-order chi connectivity index (χ1) is 17.6. The van der Waals surface area contributed by atoms with Crippen LogP contribution in [0.5, 0.6) is 0 Å². The number of carbonyl (C=O) groups excluding carboxylic acids is 1. The van der Waals surface area contributed by atoms with Gasteiger partial charge in [0.25, 0.3) is 5.69 Å². The molecule has 1 aliphatic rings. The van der Waals surface area contributed by atoms with Crippen molar-refractivity contribution in [3.8, 4) is 11.1 Å². The van der Waals surface area contributed by atoms with E-state index in [1.807, 2.05) is 33.8 Å². The van der Waals surface area contributed by atoms with Crippen molar-refractivity contribution in [2.24, 2.45) is 0 Å². The highest BCUT2D eigenvalue weighted by Crippen LogP contribution is 2.25. The second kappa shape index (κ2) is 15.6. The fourth-order valence-electron chi connectivity index (χ4n) is 4.14. The van der Waals surface area contributed by atoms with E-state index in [9.17, 15) is 14.9 Å². The third-order valence-electron chi connectivity index (χ3n) is 6.02. The Hall–Kier alpha value is -3.35. The molecule has 1 heterocycles. The summed E-state index contributed by atoms with van der Waals surface area (Å²) in [7, 11) is 0. The molecule has 0 spiro atoms. The van der Waals surface area contributed by atoms with Gasteiger partial charge in [-0.2, -0.15) is 0 Å². The average Bonchev–Trinajstić information content (AvgIpc) is 2.95. The van der Waals surface area contributed by atoms with Crippen molar-refractivity contribution >= 4 is 11.5 Å². The molecule has 0 bridgehead atoms. The molecule has 0 atom stereocenters. The second-order valence-corrected chi connectivity index (χ2v) is 8.12. The van der Waals surface area contributed by atoms with Crippen LogP contribution in [-0.4, -0.2) is 53.2 Å². The van der Waals surface area contributed by atoms with Gasteiger partial charge in [-0.15, -0.1) is 0 Å². The number of Topliss-reactive ketones (excluding diaryl/α,β-unsaturated/α-hetero) is 1. The number of ketones is 1. The number of piperazine rings is 1. The lowest BCUT2D eigenvalue weighted by Gasteiger charge is -2.35. The van der Waals surface area contributed by atoms with Gasteiger partial charge >= 0.3 is 0 Å². The van der Waals surface area contributed by atoms with Crippen LogP contribution in [0.25, 0.3) is 11.1 Å². The van der Waals surface area contributed by atoms with Crippen LogP contribution in [0.1, 0.15) is 50.0 Å². The maximum Gasteiger partial charge on any atom is 0.269 e. The highest BCUT2D eigenvalue weighted by molar-refractivity contribution is 5.96. The van der Waals surface area contributed by atoms with E-state index in [1.54, 1.807) is 12.1 Å². The molecular weight excluding hydrogens is 450 g/mol. The standard InChI is InChI=1S/C26H27N3O3.2C2H6/c30-26(22-10-12-24(13-11-22)29(31)32)14-15-27-16-18-28(19-17-27)20-23-8-4-5-9-25(23)21-6-2-1-3-7-21;2*1-2/h1-13H,14-20H2;2*1-2H3. The highest BCUT2D eigenvalue weighted by Gasteiger charge is 2.19. The summed E-state index contributed by atoms with van der Waals surface area (Å²) in [6.45, 7) is 13.4. The molecule has 1 fully saturated rings. The van der Waals surface area contributed by atoms with Crippen molar-refractivity contribution < 1.29 is 9.72 Å². The van der Waals surface area contributed by atoms with Crippen LogP contribution in [0.3, 0.4) is 0 Å². The summed E-state index contributed by atoms with van der Waals surface area (Å²) in [5.74, 6) is 0.0270.